The molecule has 0 saturated carbocycles. The van der Waals surface area contributed by atoms with Crippen molar-refractivity contribution in [2.24, 2.45) is 0 Å². The first-order valence-electron chi connectivity index (χ1n) is 17.4. The third-order valence-corrected chi connectivity index (χ3v) is 10.3. The van der Waals surface area contributed by atoms with E-state index in [9.17, 15) is 10.3 Å². The summed E-state index contributed by atoms with van der Waals surface area (Å²) in [6.45, 7) is 6.56. The summed E-state index contributed by atoms with van der Waals surface area (Å²) in [6, 6.07) is 18.3. The molecule has 9 heteroatoms. The zero-order chi connectivity index (χ0) is 32.9. The molecule has 4 aliphatic rings. The largest absolute Gasteiger partial charge is 0.457 e. The van der Waals surface area contributed by atoms with Crippen molar-refractivity contribution in [2.45, 2.75) is 50.4 Å². The van der Waals surface area contributed by atoms with Crippen molar-refractivity contribution in [2.75, 3.05) is 68.3 Å². The molecule has 2 saturated heterocycles. The predicted molar refractivity (Wildman–Crippen MR) is 190 cm³/mol. The van der Waals surface area contributed by atoms with Gasteiger partial charge in [-0.2, -0.15) is 4.79 Å². The minimum absolute atomic E-state index is 0.101. The maximum Gasteiger partial charge on any atom is 0.358 e. The molecule has 3 heterocycles. The van der Waals surface area contributed by atoms with E-state index in [2.05, 4.69) is 57.1 Å². The Morgan fingerprint density at radius 2 is 1.44 bits per heavy atom. The molecule has 3 aliphatic heterocycles. The lowest BCUT2D eigenvalue weighted by Gasteiger charge is -2.39. The van der Waals surface area contributed by atoms with Crippen LogP contribution in [-0.2, 0) is 14.9 Å². The van der Waals surface area contributed by atoms with Gasteiger partial charge in [-0.25, -0.2) is 0 Å². The van der Waals surface area contributed by atoms with E-state index in [1.807, 2.05) is 24.3 Å². The Hall–Kier alpha value is -3.94. The van der Waals surface area contributed by atoms with Crippen molar-refractivity contribution < 1.29 is 23.8 Å². The first-order chi connectivity index (χ1) is 23.6. The fourth-order valence-corrected chi connectivity index (χ4v) is 7.42. The zero-order valence-electron chi connectivity index (χ0n) is 27.5. The second-order valence-corrected chi connectivity index (χ2v) is 13.4. The lowest BCUT2D eigenvalue weighted by atomic mass is 9.67. The Bertz CT molecular complexity index is 1680. The zero-order valence-corrected chi connectivity index (χ0v) is 28.2. The van der Waals surface area contributed by atoms with E-state index >= 15 is 0 Å². The number of anilines is 2. The van der Waals surface area contributed by atoms with E-state index in [1.54, 1.807) is 0 Å². The number of benzene rings is 3. The van der Waals surface area contributed by atoms with E-state index < -0.39 is 5.41 Å². The molecule has 3 aromatic carbocycles. The number of alkyl halides is 1. The number of halogens is 1. The van der Waals surface area contributed by atoms with Crippen LogP contribution in [0.3, 0.4) is 0 Å². The number of ketones is 1. The predicted octanol–water partition coefficient (Wildman–Crippen LogP) is 7.65. The van der Waals surface area contributed by atoms with Gasteiger partial charge < -0.3 is 29.5 Å². The van der Waals surface area contributed by atoms with E-state index in [1.165, 1.54) is 12.8 Å². The first kappa shape index (κ1) is 32.6. The molecule has 0 atom stereocenters. The highest BCUT2D eigenvalue weighted by atomic mass is 35.5. The van der Waals surface area contributed by atoms with Crippen molar-refractivity contribution in [1.29, 1.82) is 0 Å². The van der Waals surface area contributed by atoms with Crippen LogP contribution < -0.4 is 14.5 Å². The molecule has 0 aromatic heterocycles. The minimum atomic E-state index is -1.11. The molecule has 1 spiro atoms. The van der Waals surface area contributed by atoms with Gasteiger partial charge in [-0.3, -0.25) is 4.79 Å². The molecule has 8 nitrogen and oxygen atoms in total. The summed E-state index contributed by atoms with van der Waals surface area (Å²) in [7, 11) is 0. The lowest BCUT2D eigenvalue weighted by Crippen LogP contribution is -2.41. The molecule has 0 unspecified atom stereocenters. The van der Waals surface area contributed by atoms with Gasteiger partial charge in [-0.15, -0.1) is 11.6 Å². The van der Waals surface area contributed by atoms with Crippen LogP contribution in [-0.4, -0.2) is 74.8 Å². The fraction of sp³-hybridized carbons (Fsp3) is 0.436. The van der Waals surface area contributed by atoms with Gasteiger partial charge in [0.25, 0.3) is 5.78 Å². The van der Waals surface area contributed by atoms with Crippen molar-refractivity contribution >= 4 is 40.5 Å². The van der Waals surface area contributed by atoms with Gasteiger partial charge in [0.1, 0.15) is 11.5 Å². The second kappa shape index (κ2) is 14.7. The highest BCUT2D eigenvalue weighted by Gasteiger charge is 2.62. The smallest absolute Gasteiger partial charge is 0.358 e. The van der Waals surface area contributed by atoms with Gasteiger partial charge in [0.2, 0.25) is 0 Å². The summed E-state index contributed by atoms with van der Waals surface area (Å²) in [5.41, 5.74) is 15.6. The van der Waals surface area contributed by atoms with Crippen LogP contribution in [0.1, 0.15) is 77.6 Å². The molecule has 48 heavy (non-hydrogen) atoms. The molecule has 0 bridgehead atoms. The summed E-state index contributed by atoms with van der Waals surface area (Å²) in [6.07, 6.45) is 11.7. The molecule has 0 N–H and O–H groups in total. The number of carbonyl (C=O) groups excluding carboxylic acids is 1. The topological polar surface area (TPSA) is 87.6 Å². The molecule has 250 valence electrons. The van der Waals surface area contributed by atoms with Crippen molar-refractivity contribution in [3.05, 3.63) is 94.0 Å². The monoisotopic (exact) mass is 666 g/mol. The number of carbonyl (C=O) groups is 1. The van der Waals surface area contributed by atoms with Gasteiger partial charge >= 0.3 is 5.71 Å². The van der Waals surface area contributed by atoms with Crippen molar-refractivity contribution in [1.82, 2.24) is 0 Å². The number of nitrogens with zero attached hydrogens (tertiary/aromatic N) is 4. The van der Waals surface area contributed by atoms with Gasteiger partial charge in [-0.1, -0.05) is 43.2 Å². The molecule has 1 aliphatic carbocycles. The number of unbranched alkanes of at least 4 members (excludes halogenated alkanes) is 3. The quantitative estimate of drug-likeness (QED) is 0.0717. The van der Waals surface area contributed by atoms with Crippen LogP contribution in [0.5, 0.6) is 11.5 Å². The normalized spacial score (nSPS) is 17.1. The highest BCUT2D eigenvalue weighted by molar-refractivity contribution is 6.52. The second-order valence-electron chi connectivity index (χ2n) is 13.0. The number of fused-ring (bicyclic) bond motifs is 6. The van der Waals surface area contributed by atoms with Crippen LogP contribution in [0, 0.1) is 0 Å². The molecule has 3 aromatic rings. The molecule has 0 radical (unpaired) electrons. The number of rotatable bonds is 15. The van der Waals surface area contributed by atoms with Gasteiger partial charge in [0.15, 0.2) is 5.41 Å². The van der Waals surface area contributed by atoms with Crippen LogP contribution in [0.4, 0.5) is 11.4 Å². The number of ether oxygens (including phenoxy) is 3. The van der Waals surface area contributed by atoms with Gasteiger partial charge in [0.05, 0.1) is 19.8 Å². The Kier molecular flexibility index (Phi) is 9.96. The van der Waals surface area contributed by atoms with Crippen LogP contribution in [0.2, 0.25) is 0 Å². The van der Waals surface area contributed by atoms with E-state index in [0.29, 0.717) is 36.9 Å². The van der Waals surface area contributed by atoms with Crippen LogP contribution in [0.25, 0.3) is 11.6 Å². The lowest BCUT2D eigenvalue weighted by molar-refractivity contribution is -0.0118. The average molecular weight is 667 g/mol. The Balaban J connectivity index is 1.13. The maximum atomic E-state index is 14.0. The van der Waals surface area contributed by atoms with Crippen LogP contribution in [0.15, 0.2) is 60.7 Å². The number of hydrogen-bond acceptors (Lipinski definition) is 6. The minimum Gasteiger partial charge on any atom is -0.457 e. The SMILES string of the molecule is [N-]=[N+]=C1C(=O)c2ccc(/C=C\CCOCCOCCCCCCCl)cc2C12c1ccc(N3CCC3)cc1Oc1cc(N3CCC3)ccc12. The summed E-state index contributed by atoms with van der Waals surface area (Å²) in [5, 5.41) is 0. The third-order valence-electron chi connectivity index (χ3n) is 10.0. The molecular formula is C39H43ClN4O4. The highest BCUT2D eigenvalue weighted by Crippen LogP contribution is 2.57. The Labute approximate surface area is 287 Å². The summed E-state index contributed by atoms with van der Waals surface area (Å²) >= 11 is 5.72. The number of hydrogen-bond donors (Lipinski definition) is 0. The Morgan fingerprint density at radius 1 is 0.792 bits per heavy atom. The fourth-order valence-electron chi connectivity index (χ4n) is 7.23. The van der Waals surface area contributed by atoms with Crippen molar-refractivity contribution in [3.63, 3.8) is 0 Å². The van der Waals surface area contributed by atoms with E-state index in [-0.39, 0.29) is 11.5 Å². The van der Waals surface area contributed by atoms with E-state index in [0.717, 1.165) is 104 Å². The standard InChI is InChI=1S/C39H43ClN4O4/c40-16-4-1-2-5-21-46-23-24-47-22-6-3-9-28-10-13-31-34(25-28)39(38(42-41)37(31)45)32-14-11-29(43-17-7-18-43)26-35(32)48-36-27-30(12-15-33(36)39)44-19-8-20-44/h3,9-15,25-27H,1-2,4-8,16-24H2/b9-3-. The summed E-state index contributed by atoms with van der Waals surface area (Å²) in [5.74, 6) is 1.82. The van der Waals surface area contributed by atoms with Gasteiger partial charge in [-0.05, 0) is 67.5 Å². The number of Topliss-reactive ketones (excluding diaryl/α,β-unsaturated/α-hetero) is 1. The van der Waals surface area contributed by atoms with E-state index in [4.69, 9.17) is 25.8 Å². The molecule has 0 amide bonds. The first-order valence-corrected chi connectivity index (χ1v) is 17.9. The maximum absolute atomic E-state index is 14.0. The third kappa shape index (κ3) is 6.07. The Morgan fingerprint density at radius 3 is 2.04 bits per heavy atom. The molecular weight excluding hydrogens is 624 g/mol. The summed E-state index contributed by atoms with van der Waals surface area (Å²) < 4.78 is 18.1. The molecule has 7 rings (SSSR count). The molecule has 2 fully saturated rings. The van der Waals surface area contributed by atoms with Crippen molar-refractivity contribution in [3.8, 4) is 11.5 Å². The van der Waals surface area contributed by atoms with Crippen LogP contribution >= 0.6 is 11.6 Å². The van der Waals surface area contributed by atoms with Gasteiger partial charge in [0, 0.05) is 78.9 Å². The summed E-state index contributed by atoms with van der Waals surface area (Å²) in [4.78, 5) is 22.4. The average Bonchev–Trinajstić information content (AvgIpc) is 3.28.